The Kier molecular flexibility index (Phi) is 9.93. The van der Waals surface area contributed by atoms with Crippen LogP contribution in [0.15, 0.2) is 60.8 Å². The molecule has 5 atom stereocenters. The van der Waals surface area contributed by atoms with E-state index in [2.05, 4.69) is 4.98 Å². The SMILES string of the molecule is COc1ncc(C(F)(F)F)cc1CO[C@H]1[C@H](C(C)(C)C)[C@@H](C(=O)O)N(C(=O)[C@@H]2CCCCO2)[C@H]1c1ccccc1-c1ccccc1F. The number of pyridine rings is 1. The number of rotatable bonds is 8. The van der Waals surface area contributed by atoms with E-state index in [0.29, 0.717) is 36.8 Å². The van der Waals surface area contributed by atoms with Gasteiger partial charge in [-0.2, -0.15) is 13.2 Å². The highest BCUT2D eigenvalue weighted by atomic mass is 19.4. The van der Waals surface area contributed by atoms with Gasteiger partial charge in [0.15, 0.2) is 0 Å². The summed E-state index contributed by atoms with van der Waals surface area (Å²) in [6.07, 6.45) is -4.14. The van der Waals surface area contributed by atoms with Gasteiger partial charge in [-0.15, -0.1) is 0 Å². The van der Waals surface area contributed by atoms with E-state index >= 15 is 4.39 Å². The molecule has 0 radical (unpaired) electrons. The van der Waals surface area contributed by atoms with Gasteiger partial charge < -0.3 is 24.2 Å². The number of methoxy groups -OCH3 is 1. The van der Waals surface area contributed by atoms with E-state index in [9.17, 15) is 27.9 Å². The Morgan fingerprint density at radius 2 is 1.72 bits per heavy atom. The van der Waals surface area contributed by atoms with Crippen molar-refractivity contribution in [3.63, 3.8) is 0 Å². The summed E-state index contributed by atoms with van der Waals surface area (Å²) < 4.78 is 73.9. The van der Waals surface area contributed by atoms with Crippen LogP contribution in [-0.4, -0.2) is 58.8 Å². The lowest BCUT2D eigenvalue weighted by Crippen LogP contribution is -2.51. The standard InChI is InChI=1S/C35H38F4N2O6/c1-34(2,3)27-29(33(43)44)41(32(42)26-15-9-10-16-46-26)28(24-13-6-5-11-22(24)23-12-7-8-14-25(23)36)30(27)47-19-20-17-21(35(37,38)39)18-40-31(20)45-4/h5-8,11-14,17-18,26-30H,9-10,15-16,19H2,1-4H3,(H,43,44)/t26-,27+,28-,29-,30-/m0/s1. The Hall–Kier alpha value is -4.03. The molecule has 0 unspecified atom stereocenters. The molecular formula is C35H38F4N2O6. The van der Waals surface area contributed by atoms with Gasteiger partial charge in [-0.05, 0) is 47.9 Å². The minimum absolute atomic E-state index is 0.0108. The van der Waals surface area contributed by atoms with E-state index in [0.717, 1.165) is 12.5 Å². The fourth-order valence-electron chi connectivity index (χ4n) is 6.82. The highest BCUT2D eigenvalue weighted by molar-refractivity contribution is 5.89. The minimum atomic E-state index is -4.69. The number of likely N-dealkylation sites (tertiary alicyclic amines) is 1. The van der Waals surface area contributed by atoms with Crippen LogP contribution < -0.4 is 4.74 Å². The van der Waals surface area contributed by atoms with Crippen LogP contribution in [0.25, 0.3) is 11.1 Å². The molecular weight excluding hydrogens is 620 g/mol. The molecule has 5 rings (SSSR count). The first-order valence-corrected chi connectivity index (χ1v) is 15.5. The lowest BCUT2D eigenvalue weighted by molar-refractivity contribution is -0.159. The molecule has 2 fully saturated rings. The molecule has 252 valence electrons. The first kappa shape index (κ1) is 34.3. The third-order valence-corrected chi connectivity index (χ3v) is 8.89. The zero-order chi connectivity index (χ0) is 34.1. The van der Waals surface area contributed by atoms with Gasteiger partial charge in [-0.3, -0.25) is 4.79 Å². The van der Waals surface area contributed by atoms with Crippen LogP contribution in [-0.2, 0) is 31.8 Å². The number of carbonyl (C=O) groups excluding carboxylic acids is 1. The maximum Gasteiger partial charge on any atom is 0.417 e. The summed E-state index contributed by atoms with van der Waals surface area (Å²) in [4.78, 5) is 32.7. The van der Waals surface area contributed by atoms with Crippen molar-refractivity contribution in [1.29, 1.82) is 0 Å². The second-order valence-corrected chi connectivity index (χ2v) is 13.0. The van der Waals surface area contributed by atoms with Crippen molar-refractivity contribution in [2.45, 2.75) is 77.1 Å². The summed E-state index contributed by atoms with van der Waals surface area (Å²) in [5.41, 5.74) is -0.729. The van der Waals surface area contributed by atoms with Crippen molar-refractivity contribution in [3.05, 3.63) is 83.3 Å². The largest absolute Gasteiger partial charge is 0.481 e. The van der Waals surface area contributed by atoms with Crippen molar-refractivity contribution in [1.82, 2.24) is 9.88 Å². The monoisotopic (exact) mass is 658 g/mol. The number of aromatic nitrogens is 1. The number of amides is 1. The molecule has 8 nitrogen and oxygen atoms in total. The van der Waals surface area contributed by atoms with E-state index < -0.39 is 71.7 Å². The van der Waals surface area contributed by atoms with Crippen LogP contribution in [0.4, 0.5) is 17.6 Å². The average Bonchev–Trinajstić information content (AvgIpc) is 3.39. The number of carbonyl (C=O) groups is 2. The fraction of sp³-hybridized carbons (Fsp3) is 0.457. The number of ether oxygens (including phenoxy) is 3. The molecule has 2 saturated heterocycles. The van der Waals surface area contributed by atoms with Gasteiger partial charge in [0, 0.05) is 29.8 Å². The Balaban J connectivity index is 1.71. The van der Waals surface area contributed by atoms with Gasteiger partial charge in [0.05, 0.1) is 31.4 Å². The number of aliphatic carboxylic acids is 1. The van der Waals surface area contributed by atoms with E-state index in [1.165, 1.54) is 18.1 Å². The number of nitrogens with zero attached hydrogens (tertiary/aromatic N) is 2. The summed E-state index contributed by atoms with van der Waals surface area (Å²) >= 11 is 0. The maximum atomic E-state index is 15.3. The quantitative estimate of drug-likeness (QED) is 0.259. The molecule has 0 spiro atoms. The van der Waals surface area contributed by atoms with Gasteiger partial charge in [0.1, 0.15) is 18.0 Å². The van der Waals surface area contributed by atoms with E-state index in [4.69, 9.17) is 14.2 Å². The van der Waals surface area contributed by atoms with Gasteiger partial charge >= 0.3 is 12.1 Å². The normalized spacial score (nSPS) is 23.5. The van der Waals surface area contributed by atoms with E-state index in [1.807, 2.05) is 20.8 Å². The lowest BCUT2D eigenvalue weighted by atomic mass is 9.73. The summed E-state index contributed by atoms with van der Waals surface area (Å²) in [6.45, 7) is 5.36. The van der Waals surface area contributed by atoms with Crippen molar-refractivity contribution < 1.29 is 46.5 Å². The van der Waals surface area contributed by atoms with Crippen LogP contribution in [0, 0.1) is 17.2 Å². The summed E-state index contributed by atoms with van der Waals surface area (Å²) in [6, 6.07) is 11.3. The van der Waals surface area contributed by atoms with E-state index in [1.54, 1.807) is 42.5 Å². The highest BCUT2D eigenvalue weighted by Crippen LogP contribution is 2.52. The third-order valence-electron chi connectivity index (χ3n) is 8.89. The second-order valence-electron chi connectivity index (χ2n) is 13.0. The zero-order valence-electron chi connectivity index (χ0n) is 26.6. The van der Waals surface area contributed by atoms with Crippen LogP contribution >= 0.6 is 0 Å². The maximum absolute atomic E-state index is 15.3. The third kappa shape index (κ3) is 6.99. The molecule has 0 aliphatic carbocycles. The van der Waals surface area contributed by atoms with Crippen LogP contribution in [0.5, 0.6) is 5.88 Å². The number of carboxylic acids is 1. The number of carboxylic acid groups (broad SMARTS) is 1. The highest BCUT2D eigenvalue weighted by Gasteiger charge is 2.60. The van der Waals surface area contributed by atoms with Crippen molar-refractivity contribution >= 4 is 11.9 Å². The molecule has 2 aliphatic heterocycles. The fourth-order valence-corrected chi connectivity index (χ4v) is 6.82. The Labute approximate surface area is 270 Å². The number of halogens is 4. The van der Waals surface area contributed by atoms with Gasteiger partial charge in [0.2, 0.25) is 5.88 Å². The van der Waals surface area contributed by atoms with Crippen LogP contribution in [0.1, 0.15) is 62.8 Å². The molecule has 3 heterocycles. The van der Waals surface area contributed by atoms with Crippen molar-refractivity contribution in [3.8, 4) is 17.0 Å². The molecule has 1 N–H and O–H groups in total. The van der Waals surface area contributed by atoms with E-state index in [-0.39, 0.29) is 17.0 Å². The summed E-state index contributed by atoms with van der Waals surface area (Å²) in [5, 5.41) is 10.8. The van der Waals surface area contributed by atoms with Crippen molar-refractivity contribution in [2.24, 2.45) is 11.3 Å². The minimum Gasteiger partial charge on any atom is -0.481 e. The topological polar surface area (TPSA) is 98.2 Å². The Morgan fingerprint density at radius 3 is 2.32 bits per heavy atom. The molecule has 2 aliphatic rings. The number of alkyl halides is 3. The number of benzene rings is 2. The lowest BCUT2D eigenvalue weighted by Gasteiger charge is -2.35. The predicted octanol–water partition coefficient (Wildman–Crippen LogP) is 7.07. The summed E-state index contributed by atoms with van der Waals surface area (Å²) in [7, 11) is 1.27. The number of hydrogen-bond donors (Lipinski definition) is 1. The smallest absolute Gasteiger partial charge is 0.417 e. The summed E-state index contributed by atoms with van der Waals surface area (Å²) in [5.74, 6) is -3.29. The molecule has 12 heteroatoms. The zero-order valence-corrected chi connectivity index (χ0v) is 26.6. The predicted molar refractivity (Wildman–Crippen MR) is 164 cm³/mol. The molecule has 1 amide bonds. The number of hydrogen-bond acceptors (Lipinski definition) is 6. The van der Waals surface area contributed by atoms with Crippen LogP contribution in [0.2, 0.25) is 0 Å². The van der Waals surface area contributed by atoms with Gasteiger partial charge in [-0.25, -0.2) is 14.2 Å². The molecule has 3 aromatic rings. The molecule has 1 aromatic heterocycles. The first-order chi connectivity index (χ1) is 22.2. The Bertz CT molecular complexity index is 1600. The van der Waals surface area contributed by atoms with Crippen molar-refractivity contribution in [2.75, 3.05) is 13.7 Å². The van der Waals surface area contributed by atoms with Gasteiger partial charge in [-0.1, -0.05) is 63.2 Å². The molecule has 0 bridgehead atoms. The van der Waals surface area contributed by atoms with Crippen LogP contribution in [0.3, 0.4) is 0 Å². The Morgan fingerprint density at radius 1 is 1.04 bits per heavy atom. The average molecular weight is 659 g/mol. The van der Waals surface area contributed by atoms with Gasteiger partial charge in [0.25, 0.3) is 5.91 Å². The second kappa shape index (κ2) is 13.6. The first-order valence-electron chi connectivity index (χ1n) is 15.5. The molecule has 2 aromatic carbocycles. The molecule has 0 saturated carbocycles. The molecule has 47 heavy (non-hydrogen) atoms.